The lowest BCUT2D eigenvalue weighted by molar-refractivity contribution is 0.208. The molecule has 0 bridgehead atoms. The van der Waals surface area contributed by atoms with E-state index in [9.17, 15) is 0 Å². The van der Waals surface area contributed by atoms with Crippen LogP contribution in [0.25, 0.3) is 0 Å². The van der Waals surface area contributed by atoms with E-state index in [1.165, 1.54) is 0 Å². The van der Waals surface area contributed by atoms with E-state index in [1.807, 2.05) is 0 Å². The molecule has 0 spiro atoms. The average Bonchev–Trinajstić information content (AvgIpc) is 2.21. The molecule has 0 aromatic carbocycles. The second-order valence-corrected chi connectivity index (χ2v) is 5.78. The van der Waals surface area contributed by atoms with Crippen LogP contribution in [0.1, 0.15) is 27.2 Å². The number of nitriles is 1. The Morgan fingerprint density at radius 1 is 1.24 bits per heavy atom. The van der Waals surface area contributed by atoms with Crippen LogP contribution in [0.15, 0.2) is 0 Å². The van der Waals surface area contributed by atoms with Crippen LogP contribution in [0.5, 0.6) is 0 Å². The Bertz CT molecular complexity index is 240. The van der Waals surface area contributed by atoms with E-state index in [0.717, 1.165) is 32.6 Å². The van der Waals surface area contributed by atoms with Crippen LogP contribution >= 0.6 is 0 Å². The maximum absolute atomic E-state index is 8.91. The second kappa shape index (κ2) is 7.65. The molecule has 0 aromatic heterocycles. The zero-order valence-electron chi connectivity index (χ0n) is 12.0. The van der Waals surface area contributed by atoms with Crippen LogP contribution < -0.4 is 5.73 Å². The first kappa shape index (κ1) is 16.4. The first-order chi connectivity index (χ1) is 7.76. The Balaban J connectivity index is 4.15. The van der Waals surface area contributed by atoms with Gasteiger partial charge in [0.15, 0.2) is 0 Å². The van der Waals surface area contributed by atoms with Crippen molar-refractivity contribution in [3.05, 3.63) is 0 Å². The van der Waals surface area contributed by atoms with Crippen LogP contribution in [0.4, 0.5) is 0 Å². The van der Waals surface area contributed by atoms with E-state index in [4.69, 9.17) is 11.0 Å². The summed E-state index contributed by atoms with van der Waals surface area (Å²) in [5.74, 6) is 0.642. The summed E-state index contributed by atoms with van der Waals surface area (Å²) in [6.07, 6.45) is 0.726. The molecule has 0 fully saturated rings. The number of likely N-dealkylation sites (N-methyl/N-ethyl adjacent to an activating group) is 1. The van der Waals surface area contributed by atoms with Gasteiger partial charge >= 0.3 is 0 Å². The lowest BCUT2D eigenvalue weighted by Crippen LogP contribution is -2.41. The highest BCUT2D eigenvalue weighted by molar-refractivity contribution is 5.01. The predicted molar refractivity (Wildman–Crippen MR) is 72.7 cm³/mol. The van der Waals surface area contributed by atoms with E-state index < -0.39 is 5.54 Å². The minimum Gasteiger partial charge on any atom is -0.314 e. The molecule has 2 N–H and O–H groups in total. The summed E-state index contributed by atoms with van der Waals surface area (Å²) < 4.78 is 0. The second-order valence-electron chi connectivity index (χ2n) is 5.78. The van der Waals surface area contributed by atoms with Gasteiger partial charge in [0.25, 0.3) is 0 Å². The number of rotatable bonds is 8. The third-order valence-electron chi connectivity index (χ3n) is 2.69. The highest BCUT2D eigenvalue weighted by Gasteiger charge is 2.19. The first-order valence-corrected chi connectivity index (χ1v) is 6.34. The average molecular weight is 240 g/mol. The molecule has 0 heterocycles. The molecule has 17 heavy (non-hydrogen) atoms. The summed E-state index contributed by atoms with van der Waals surface area (Å²) in [4.78, 5) is 4.58. The first-order valence-electron chi connectivity index (χ1n) is 6.34. The molecule has 4 heteroatoms. The summed E-state index contributed by atoms with van der Waals surface area (Å²) in [6, 6.07) is 2.16. The fourth-order valence-corrected chi connectivity index (χ4v) is 1.60. The highest BCUT2D eigenvalue weighted by Crippen LogP contribution is 2.07. The van der Waals surface area contributed by atoms with Gasteiger partial charge < -0.3 is 15.5 Å². The number of nitrogens with zero attached hydrogens (tertiary/aromatic N) is 3. The molecule has 1 unspecified atom stereocenters. The molecule has 0 aromatic rings. The summed E-state index contributed by atoms with van der Waals surface area (Å²) in [6.45, 7) is 10.3. The summed E-state index contributed by atoms with van der Waals surface area (Å²) in [5, 5.41) is 8.91. The van der Waals surface area contributed by atoms with Crippen molar-refractivity contribution >= 4 is 0 Å². The van der Waals surface area contributed by atoms with Crippen molar-refractivity contribution in [3.63, 3.8) is 0 Å². The van der Waals surface area contributed by atoms with Gasteiger partial charge in [-0.3, -0.25) is 0 Å². The zero-order chi connectivity index (χ0) is 13.5. The van der Waals surface area contributed by atoms with Crippen molar-refractivity contribution in [1.29, 1.82) is 5.26 Å². The Morgan fingerprint density at radius 3 is 2.24 bits per heavy atom. The van der Waals surface area contributed by atoms with Crippen molar-refractivity contribution in [3.8, 4) is 6.07 Å². The number of hydrogen-bond acceptors (Lipinski definition) is 4. The van der Waals surface area contributed by atoms with Crippen LogP contribution in [0.2, 0.25) is 0 Å². The maximum atomic E-state index is 8.91. The molecule has 0 aliphatic rings. The van der Waals surface area contributed by atoms with E-state index in [2.05, 4.69) is 43.8 Å². The fraction of sp³-hybridized carbons (Fsp3) is 0.923. The summed E-state index contributed by atoms with van der Waals surface area (Å²) in [7, 11) is 4.16. The van der Waals surface area contributed by atoms with Gasteiger partial charge in [0.1, 0.15) is 5.54 Å². The number of hydrogen-bond donors (Lipinski definition) is 1. The topological polar surface area (TPSA) is 56.3 Å². The molecule has 0 saturated carbocycles. The smallest absolute Gasteiger partial charge is 0.102 e. The van der Waals surface area contributed by atoms with Gasteiger partial charge in [-0.2, -0.15) is 5.26 Å². The van der Waals surface area contributed by atoms with Crippen molar-refractivity contribution in [1.82, 2.24) is 9.80 Å². The van der Waals surface area contributed by atoms with Crippen LogP contribution in [0, 0.1) is 17.2 Å². The Kier molecular flexibility index (Phi) is 7.37. The monoisotopic (exact) mass is 240 g/mol. The minimum atomic E-state index is -0.701. The molecule has 1 atom stereocenters. The molecular weight excluding hydrogens is 212 g/mol. The van der Waals surface area contributed by atoms with Gasteiger partial charge in [-0.15, -0.1) is 0 Å². The standard InChI is InChI=1S/C13H28N4/c1-12(2)10-17(9-8-16(4)5)7-6-13(3,15)11-14/h12H,6-10,15H2,1-5H3. The molecule has 4 nitrogen and oxygen atoms in total. The molecule has 0 aliphatic carbocycles. The Hall–Kier alpha value is -0.630. The van der Waals surface area contributed by atoms with Crippen molar-refractivity contribution in [2.45, 2.75) is 32.7 Å². The molecule has 0 saturated heterocycles. The van der Waals surface area contributed by atoms with Crippen LogP contribution in [-0.4, -0.2) is 55.6 Å². The van der Waals surface area contributed by atoms with E-state index in [-0.39, 0.29) is 0 Å². The van der Waals surface area contributed by atoms with Crippen LogP contribution in [0.3, 0.4) is 0 Å². The lowest BCUT2D eigenvalue weighted by Gasteiger charge is -2.28. The van der Waals surface area contributed by atoms with Gasteiger partial charge in [-0.25, -0.2) is 0 Å². The molecule has 0 radical (unpaired) electrons. The van der Waals surface area contributed by atoms with Gasteiger partial charge in [-0.05, 0) is 33.4 Å². The third kappa shape index (κ3) is 9.11. The molecule has 100 valence electrons. The molecule has 0 amide bonds. The van der Waals surface area contributed by atoms with Crippen LogP contribution in [-0.2, 0) is 0 Å². The van der Waals surface area contributed by atoms with Gasteiger partial charge in [0.2, 0.25) is 0 Å². The zero-order valence-corrected chi connectivity index (χ0v) is 12.0. The van der Waals surface area contributed by atoms with Crippen molar-refractivity contribution in [2.75, 3.05) is 40.3 Å². The molecule has 0 aliphatic heterocycles. The maximum Gasteiger partial charge on any atom is 0.102 e. The summed E-state index contributed by atoms with van der Waals surface area (Å²) >= 11 is 0. The van der Waals surface area contributed by atoms with Crippen molar-refractivity contribution < 1.29 is 0 Å². The SMILES string of the molecule is CC(C)CN(CCN(C)C)CCC(C)(N)C#N. The molecule has 0 rings (SSSR count). The van der Waals surface area contributed by atoms with E-state index >= 15 is 0 Å². The molecular formula is C13H28N4. The van der Waals surface area contributed by atoms with Gasteiger partial charge in [0.05, 0.1) is 6.07 Å². The Morgan fingerprint density at radius 2 is 1.82 bits per heavy atom. The lowest BCUT2D eigenvalue weighted by atomic mass is 10.0. The minimum absolute atomic E-state index is 0.642. The Labute approximate surface area is 106 Å². The van der Waals surface area contributed by atoms with Crippen molar-refractivity contribution in [2.24, 2.45) is 11.7 Å². The van der Waals surface area contributed by atoms with E-state index in [1.54, 1.807) is 6.92 Å². The number of nitrogens with two attached hydrogens (primary N) is 1. The predicted octanol–water partition coefficient (Wildman–Crippen LogP) is 1.14. The van der Waals surface area contributed by atoms with E-state index in [0.29, 0.717) is 5.92 Å². The van der Waals surface area contributed by atoms with Gasteiger partial charge in [-0.1, -0.05) is 13.8 Å². The fourth-order valence-electron chi connectivity index (χ4n) is 1.60. The normalized spacial score (nSPS) is 15.3. The largest absolute Gasteiger partial charge is 0.314 e. The highest BCUT2D eigenvalue weighted by atomic mass is 15.2. The quantitative estimate of drug-likeness (QED) is 0.691. The summed E-state index contributed by atoms with van der Waals surface area (Å²) in [5.41, 5.74) is 5.15. The third-order valence-corrected chi connectivity index (χ3v) is 2.69. The van der Waals surface area contributed by atoms with Gasteiger partial charge in [0, 0.05) is 26.2 Å².